The third kappa shape index (κ3) is 9.00. The Labute approximate surface area is 426 Å². The summed E-state index contributed by atoms with van der Waals surface area (Å²) in [7, 11) is 0. The third-order valence-corrected chi connectivity index (χ3v) is 22.7. The van der Waals surface area contributed by atoms with Crippen molar-refractivity contribution in [2.24, 2.45) is 110 Å². The van der Waals surface area contributed by atoms with Crippen molar-refractivity contribution in [1.29, 1.82) is 0 Å². The zero-order chi connectivity index (χ0) is 51.5. The first-order valence-electron chi connectivity index (χ1n) is 28.5. The molecular weight excluding hydrogens is 889 g/mol. The summed E-state index contributed by atoms with van der Waals surface area (Å²) >= 11 is 0. The number of aldehydes is 1. The van der Waals surface area contributed by atoms with Gasteiger partial charge in [0.1, 0.15) is 12.0 Å². The number of non-ortho nitro benzene ring substituents is 1. The number of benzene rings is 1. The van der Waals surface area contributed by atoms with E-state index in [1.165, 1.54) is 95.6 Å². The molecule has 8 aliphatic rings. The van der Waals surface area contributed by atoms with Crippen LogP contribution in [0.25, 0.3) is 0 Å². The van der Waals surface area contributed by atoms with Crippen molar-refractivity contribution in [2.75, 3.05) is 5.43 Å². The van der Waals surface area contributed by atoms with Gasteiger partial charge in [-0.2, -0.15) is 5.10 Å². The number of allylic oxidation sites excluding steroid dienone is 2. The molecule has 0 bridgehead atoms. The number of aliphatic hydroxyl groups is 2. The van der Waals surface area contributed by atoms with Gasteiger partial charge in [-0.25, -0.2) is 0 Å². The number of hydrogen-bond donors (Lipinski definition) is 3. The number of fused-ring (bicyclic) bond motifs is 10. The Kier molecular flexibility index (Phi) is 15.4. The minimum atomic E-state index is -1.04. The van der Waals surface area contributed by atoms with Crippen LogP contribution in [0, 0.1) is 125 Å². The maximum absolute atomic E-state index is 12.5. The van der Waals surface area contributed by atoms with Crippen LogP contribution in [0.5, 0.6) is 0 Å². The van der Waals surface area contributed by atoms with Crippen LogP contribution in [0.2, 0.25) is 0 Å². The van der Waals surface area contributed by atoms with Crippen LogP contribution < -0.4 is 5.43 Å². The second-order valence-corrected chi connectivity index (χ2v) is 26.8. The molecule has 3 N–H and O–H groups in total. The SMILES string of the molecule is CC(C)CCC[C@@H](C)[C@H]1CCC2C3C(CC[C@@]21C)[C@@]1(C)CCC=C[C@@]1(O)[C@@H]3/C=N/Nc1ccc([N+](=O)[O-])cc1[N+](=O)[O-].CC(C)CCC[C@@H](C)[C@H]1CCC2C3C(CC[C@@]21C)[C@@]1(C)CCC=C[C@@]1(O)[C@@H]3C=O. The van der Waals surface area contributed by atoms with E-state index in [0.717, 1.165) is 68.1 Å². The normalized spacial score (nSPS) is 42.6. The number of carbonyl (C=O) groups excluding carboxylic acids is 1. The van der Waals surface area contributed by atoms with Crippen molar-refractivity contribution in [3.05, 3.63) is 62.7 Å². The summed E-state index contributed by atoms with van der Waals surface area (Å²) in [5.41, 5.74) is 0.378. The van der Waals surface area contributed by atoms with Crippen LogP contribution in [-0.4, -0.2) is 43.8 Å². The zero-order valence-corrected chi connectivity index (χ0v) is 45.3. The number of nitro benzene ring substituents is 2. The Morgan fingerprint density at radius 1 is 0.662 bits per heavy atom. The lowest BCUT2D eigenvalue weighted by Crippen LogP contribution is -2.49. The highest BCUT2D eigenvalue weighted by Gasteiger charge is 2.72. The van der Waals surface area contributed by atoms with Crippen LogP contribution in [0.4, 0.5) is 17.1 Å². The van der Waals surface area contributed by atoms with E-state index in [-0.39, 0.29) is 45.4 Å². The van der Waals surface area contributed by atoms with Gasteiger partial charge in [0.05, 0.1) is 33.0 Å². The number of nitrogens with one attached hydrogen (secondary N) is 1. The predicted molar refractivity (Wildman–Crippen MR) is 285 cm³/mol. The molecule has 0 aromatic heterocycles. The van der Waals surface area contributed by atoms with Gasteiger partial charge in [-0.15, -0.1) is 0 Å². The van der Waals surface area contributed by atoms with Crippen LogP contribution in [0.3, 0.4) is 0 Å². The highest BCUT2D eigenvalue weighted by molar-refractivity contribution is 5.70. The third-order valence-electron chi connectivity index (χ3n) is 22.7. The van der Waals surface area contributed by atoms with E-state index in [1.807, 2.05) is 12.2 Å². The van der Waals surface area contributed by atoms with Gasteiger partial charge in [-0.1, -0.05) is 132 Å². The van der Waals surface area contributed by atoms with Gasteiger partial charge in [0.2, 0.25) is 0 Å². The highest BCUT2D eigenvalue weighted by Crippen LogP contribution is 2.74. The standard InChI is InChI=1S/C33H48N4O5.C27H44O2/c1-21(2)9-8-10-22(3)24-12-13-25-30-26(15-18-31(24,25)4)32(5)16-6-7-17-33(32,38)27(30)20-34-35-28-14-11-23(36(39)40)19-29(28)37(41)42;1-18(2)9-8-10-19(3)20-11-12-21-24-22(13-16-25(20,21)4)26(5)14-6-7-15-27(26,29)23(24)17-28/h7,11,14,17,19-22,24-27,30,35,38H,6,8-10,12-13,15-16,18H2,1-5H3;7,15,17-24,29H,6,8-14,16H2,1-5H3/b34-20+;/t22-,24-,25?,26?,27-,30?,31-,32-,33-;19-,20-,21?,22?,23-,24?,25-,26-,27-/m11/s1. The Bertz CT molecular complexity index is 2210. The molecule has 1 aromatic carbocycles. The first-order valence-corrected chi connectivity index (χ1v) is 28.5. The van der Waals surface area contributed by atoms with Gasteiger partial charge in [0.25, 0.3) is 5.69 Å². The number of nitro groups is 2. The minimum absolute atomic E-state index is 0.0926. The van der Waals surface area contributed by atoms with E-state index in [0.29, 0.717) is 46.8 Å². The first-order chi connectivity index (χ1) is 33.5. The summed E-state index contributed by atoms with van der Waals surface area (Å²) in [6.07, 6.45) is 32.8. The fraction of sp³-hybridized carbons (Fsp3) is 0.800. The summed E-state index contributed by atoms with van der Waals surface area (Å²) in [6.45, 7) is 23.8. The van der Waals surface area contributed by atoms with Crippen molar-refractivity contribution >= 4 is 29.6 Å². The van der Waals surface area contributed by atoms with E-state index in [1.54, 1.807) is 6.21 Å². The van der Waals surface area contributed by atoms with E-state index >= 15 is 0 Å². The minimum Gasteiger partial charge on any atom is -0.385 e. The molecule has 9 rings (SSSR count). The zero-order valence-electron chi connectivity index (χ0n) is 45.3. The lowest BCUT2D eigenvalue weighted by atomic mass is 9.53. The van der Waals surface area contributed by atoms with Crippen LogP contribution in [0.15, 0.2) is 47.6 Å². The largest absolute Gasteiger partial charge is 0.385 e. The maximum Gasteiger partial charge on any atom is 0.301 e. The van der Waals surface area contributed by atoms with Crippen molar-refractivity contribution in [1.82, 2.24) is 0 Å². The maximum atomic E-state index is 12.5. The lowest BCUT2D eigenvalue weighted by molar-refractivity contribution is -0.393. The average molecular weight is 981 g/mol. The molecule has 0 radical (unpaired) electrons. The Morgan fingerprint density at radius 3 is 1.59 bits per heavy atom. The molecule has 0 heterocycles. The fourth-order valence-corrected chi connectivity index (χ4v) is 19.0. The summed E-state index contributed by atoms with van der Waals surface area (Å²) in [5, 5.41) is 51.6. The van der Waals surface area contributed by atoms with Crippen LogP contribution in [0.1, 0.15) is 185 Å². The monoisotopic (exact) mass is 981 g/mol. The van der Waals surface area contributed by atoms with Crippen molar-refractivity contribution in [2.45, 2.75) is 196 Å². The average Bonchev–Trinajstić information content (AvgIpc) is 3.97. The summed E-state index contributed by atoms with van der Waals surface area (Å²) in [6, 6.07) is 3.51. The van der Waals surface area contributed by atoms with Crippen LogP contribution in [-0.2, 0) is 4.79 Å². The molecular formula is C60H92N4O7. The highest BCUT2D eigenvalue weighted by atomic mass is 16.6. The molecule has 6 unspecified atom stereocenters. The van der Waals surface area contributed by atoms with Gasteiger partial charge in [-0.05, 0) is 165 Å². The first kappa shape index (κ1) is 53.8. The molecule has 6 saturated carbocycles. The summed E-state index contributed by atoms with van der Waals surface area (Å²) in [4.78, 5) is 33.9. The molecule has 0 spiro atoms. The van der Waals surface area contributed by atoms with E-state index in [2.05, 4.69) is 91.9 Å². The molecule has 11 nitrogen and oxygen atoms in total. The van der Waals surface area contributed by atoms with E-state index in [9.17, 15) is 35.2 Å². The summed E-state index contributed by atoms with van der Waals surface area (Å²) in [5.74, 6) is 6.62. The van der Waals surface area contributed by atoms with Gasteiger partial charge in [0.15, 0.2) is 0 Å². The smallest absolute Gasteiger partial charge is 0.301 e. The lowest BCUT2D eigenvalue weighted by Gasteiger charge is -2.51. The molecule has 394 valence electrons. The molecule has 0 saturated heterocycles. The van der Waals surface area contributed by atoms with Crippen molar-refractivity contribution in [3.8, 4) is 0 Å². The number of nitrogens with zero attached hydrogens (tertiary/aromatic N) is 3. The van der Waals surface area contributed by atoms with Crippen LogP contribution >= 0.6 is 0 Å². The van der Waals surface area contributed by atoms with Gasteiger partial charge in [0, 0.05) is 29.0 Å². The van der Waals surface area contributed by atoms with Crippen molar-refractivity contribution < 1.29 is 24.9 Å². The number of carbonyl (C=O) groups is 1. The van der Waals surface area contributed by atoms with Crippen molar-refractivity contribution in [3.63, 3.8) is 0 Å². The molecule has 6 fully saturated rings. The molecule has 1 aromatic rings. The number of rotatable bonds is 16. The Hall–Kier alpha value is -3.44. The molecule has 71 heavy (non-hydrogen) atoms. The molecule has 0 amide bonds. The molecule has 0 aliphatic heterocycles. The quantitative estimate of drug-likeness (QED) is 0.0483. The van der Waals surface area contributed by atoms with E-state index < -0.39 is 26.7 Å². The fourth-order valence-electron chi connectivity index (χ4n) is 19.0. The van der Waals surface area contributed by atoms with Gasteiger partial charge < -0.3 is 15.0 Å². The second-order valence-electron chi connectivity index (χ2n) is 26.8. The van der Waals surface area contributed by atoms with E-state index in [4.69, 9.17) is 0 Å². The molecule has 11 heteroatoms. The Balaban J connectivity index is 0.000000204. The summed E-state index contributed by atoms with van der Waals surface area (Å²) < 4.78 is 0. The topological polar surface area (TPSA) is 168 Å². The van der Waals surface area contributed by atoms with Gasteiger partial charge in [-0.3, -0.25) is 25.7 Å². The molecule has 18 atom stereocenters. The number of anilines is 1. The Morgan fingerprint density at radius 2 is 1.14 bits per heavy atom. The van der Waals surface area contributed by atoms with Gasteiger partial charge >= 0.3 is 5.69 Å². The second kappa shape index (κ2) is 20.4. The number of hydrazone groups is 1. The predicted octanol–water partition coefficient (Wildman–Crippen LogP) is 14.6. The molecule has 8 aliphatic carbocycles. The number of hydrogen-bond acceptors (Lipinski definition) is 9.